The largest absolute Gasteiger partial charge is 0.351 e. The van der Waals surface area contributed by atoms with Gasteiger partial charge in [0.15, 0.2) is 0 Å². The minimum atomic E-state index is -0.530. The van der Waals surface area contributed by atoms with Crippen LogP contribution in [0.4, 0.5) is 8.78 Å². The number of aromatic nitrogens is 1. The second-order valence-electron chi connectivity index (χ2n) is 7.44. The van der Waals surface area contributed by atoms with Crippen molar-refractivity contribution in [3.05, 3.63) is 88.8 Å². The summed E-state index contributed by atoms with van der Waals surface area (Å²) in [5, 5.41) is 6.62. The molecule has 1 fully saturated rings. The lowest BCUT2D eigenvalue weighted by Gasteiger charge is -2.31. The minimum Gasteiger partial charge on any atom is -0.351 e. The minimum absolute atomic E-state index is 0.0292. The molecule has 4 rings (SSSR count). The Labute approximate surface area is 177 Å². The van der Waals surface area contributed by atoms with Gasteiger partial charge in [0.2, 0.25) is 5.76 Å². The van der Waals surface area contributed by atoms with E-state index < -0.39 is 17.5 Å². The number of likely N-dealkylation sites (tertiary alicyclic amines) is 1. The van der Waals surface area contributed by atoms with Crippen LogP contribution in [0.25, 0.3) is 0 Å². The summed E-state index contributed by atoms with van der Waals surface area (Å²) in [5.41, 5.74) is 1.08. The number of benzene rings is 2. The summed E-state index contributed by atoms with van der Waals surface area (Å²) in [7, 11) is 0. The predicted octanol–water partition coefficient (Wildman–Crippen LogP) is 3.90. The van der Waals surface area contributed by atoms with Gasteiger partial charge in [-0.2, -0.15) is 0 Å². The summed E-state index contributed by atoms with van der Waals surface area (Å²) < 4.78 is 32.7. The van der Waals surface area contributed by atoms with Crippen molar-refractivity contribution in [2.24, 2.45) is 0 Å². The van der Waals surface area contributed by atoms with Crippen LogP contribution in [0.5, 0.6) is 0 Å². The maximum Gasteiger partial charge on any atom is 0.290 e. The second-order valence-corrected chi connectivity index (χ2v) is 7.44. The molecule has 0 atom stereocenters. The number of amides is 2. The maximum absolute atomic E-state index is 13.9. The predicted molar refractivity (Wildman–Crippen MR) is 108 cm³/mol. The first-order valence-corrected chi connectivity index (χ1v) is 10.0. The van der Waals surface area contributed by atoms with Gasteiger partial charge >= 0.3 is 0 Å². The summed E-state index contributed by atoms with van der Waals surface area (Å²) in [6, 6.07) is 13.7. The molecule has 1 saturated heterocycles. The standard InChI is InChI=1S/C23H21F2N3O3/c24-18-7-3-1-5-16(18)14-26-22(29)21-13-20(27-31-21)15-9-11-28(12-10-15)23(30)17-6-2-4-8-19(17)25/h1-8,13,15H,9-12,14H2,(H,26,29). The molecule has 0 radical (unpaired) electrons. The fourth-order valence-corrected chi connectivity index (χ4v) is 3.68. The summed E-state index contributed by atoms with van der Waals surface area (Å²) >= 11 is 0. The van der Waals surface area contributed by atoms with Crippen molar-refractivity contribution >= 4 is 11.8 Å². The van der Waals surface area contributed by atoms with Gasteiger partial charge in [0.25, 0.3) is 11.8 Å². The summed E-state index contributed by atoms with van der Waals surface area (Å²) in [6.07, 6.45) is 1.26. The van der Waals surface area contributed by atoms with Crippen LogP contribution >= 0.6 is 0 Å². The first kappa shape index (κ1) is 20.7. The molecule has 2 heterocycles. The van der Waals surface area contributed by atoms with Crippen LogP contribution in [0.15, 0.2) is 59.1 Å². The lowest BCUT2D eigenvalue weighted by atomic mass is 9.93. The normalized spacial score (nSPS) is 14.5. The van der Waals surface area contributed by atoms with Gasteiger partial charge in [-0.15, -0.1) is 0 Å². The van der Waals surface area contributed by atoms with Crippen LogP contribution in [0.2, 0.25) is 0 Å². The topological polar surface area (TPSA) is 75.4 Å². The highest BCUT2D eigenvalue weighted by molar-refractivity contribution is 5.94. The van der Waals surface area contributed by atoms with Crippen molar-refractivity contribution in [2.45, 2.75) is 25.3 Å². The van der Waals surface area contributed by atoms with Crippen LogP contribution in [0, 0.1) is 11.6 Å². The molecule has 1 aliphatic heterocycles. The lowest BCUT2D eigenvalue weighted by Crippen LogP contribution is -2.38. The molecule has 1 aromatic heterocycles. The van der Waals surface area contributed by atoms with Gasteiger partial charge in [0.05, 0.1) is 11.3 Å². The zero-order valence-corrected chi connectivity index (χ0v) is 16.7. The van der Waals surface area contributed by atoms with Crippen LogP contribution in [-0.4, -0.2) is 35.0 Å². The Bertz CT molecular complexity index is 1090. The SMILES string of the molecule is O=C(NCc1ccccc1F)c1cc(C2CCN(C(=O)c3ccccc3F)CC2)no1. The molecule has 0 saturated carbocycles. The third-order valence-electron chi connectivity index (χ3n) is 5.45. The van der Waals surface area contributed by atoms with E-state index in [4.69, 9.17) is 4.52 Å². The van der Waals surface area contributed by atoms with Crippen molar-refractivity contribution in [3.63, 3.8) is 0 Å². The molecule has 0 bridgehead atoms. The van der Waals surface area contributed by atoms with E-state index in [-0.39, 0.29) is 29.7 Å². The average Bonchev–Trinajstić information content (AvgIpc) is 3.29. The summed E-state index contributed by atoms with van der Waals surface area (Å²) in [4.78, 5) is 26.5. The third kappa shape index (κ3) is 4.63. The fourth-order valence-electron chi connectivity index (χ4n) is 3.68. The second kappa shape index (κ2) is 9.07. The molecule has 2 aromatic carbocycles. The molecule has 0 unspecified atom stereocenters. The van der Waals surface area contributed by atoms with Gasteiger partial charge < -0.3 is 14.7 Å². The average molecular weight is 425 g/mol. The maximum atomic E-state index is 13.9. The highest BCUT2D eigenvalue weighted by atomic mass is 19.1. The van der Waals surface area contributed by atoms with E-state index in [9.17, 15) is 18.4 Å². The smallest absolute Gasteiger partial charge is 0.290 e. The Kier molecular flexibility index (Phi) is 6.06. The van der Waals surface area contributed by atoms with E-state index in [0.29, 0.717) is 37.2 Å². The van der Waals surface area contributed by atoms with Crippen LogP contribution in [0.1, 0.15) is 50.9 Å². The Balaban J connectivity index is 1.33. The molecule has 1 N–H and O–H groups in total. The molecule has 31 heavy (non-hydrogen) atoms. The van der Waals surface area contributed by atoms with Gasteiger partial charge in [0.1, 0.15) is 11.6 Å². The zero-order valence-electron chi connectivity index (χ0n) is 16.7. The van der Waals surface area contributed by atoms with E-state index in [1.807, 2.05) is 0 Å². The fraction of sp³-hybridized carbons (Fsp3) is 0.261. The number of piperidine rings is 1. The number of hydrogen-bond acceptors (Lipinski definition) is 4. The molecule has 160 valence electrons. The van der Waals surface area contributed by atoms with E-state index in [1.54, 1.807) is 41.3 Å². The lowest BCUT2D eigenvalue weighted by molar-refractivity contribution is 0.0706. The molecule has 3 aromatic rings. The van der Waals surface area contributed by atoms with Gasteiger partial charge in [0, 0.05) is 37.2 Å². The summed E-state index contributed by atoms with van der Waals surface area (Å²) in [6.45, 7) is 0.955. The van der Waals surface area contributed by atoms with Gasteiger partial charge in [-0.05, 0) is 31.0 Å². The van der Waals surface area contributed by atoms with Crippen molar-refractivity contribution < 1.29 is 22.9 Å². The van der Waals surface area contributed by atoms with E-state index in [2.05, 4.69) is 10.5 Å². The van der Waals surface area contributed by atoms with Crippen molar-refractivity contribution in [3.8, 4) is 0 Å². The van der Waals surface area contributed by atoms with Crippen LogP contribution < -0.4 is 5.32 Å². The first-order valence-electron chi connectivity index (χ1n) is 10.0. The Morgan fingerprint density at radius 1 is 1.03 bits per heavy atom. The highest BCUT2D eigenvalue weighted by Crippen LogP contribution is 2.28. The van der Waals surface area contributed by atoms with E-state index in [0.717, 1.165) is 0 Å². The molecular weight excluding hydrogens is 404 g/mol. The number of hydrogen-bond donors (Lipinski definition) is 1. The number of rotatable bonds is 5. The molecule has 8 heteroatoms. The van der Waals surface area contributed by atoms with Crippen molar-refractivity contribution in [2.75, 3.05) is 13.1 Å². The van der Waals surface area contributed by atoms with E-state index in [1.165, 1.54) is 18.2 Å². The Morgan fingerprint density at radius 2 is 1.71 bits per heavy atom. The number of nitrogens with one attached hydrogen (secondary N) is 1. The quantitative estimate of drug-likeness (QED) is 0.673. The van der Waals surface area contributed by atoms with Gasteiger partial charge in [-0.3, -0.25) is 9.59 Å². The number of carbonyl (C=O) groups excluding carboxylic acids is 2. The van der Waals surface area contributed by atoms with E-state index >= 15 is 0 Å². The van der Waals surface area contributed by atoms with Gasteiger partial charge in [-0.25, -0.2) is 8.78 Å². The van der Waals surface area contributed by atoms with Crippen molar-refractivity contribution in [1.82, 2.24) is 15.4 Å². The molecule has 6 nitrogen and oxygen atoms in total. The Morgan fingerprint density at radius 3 is 2.42 bits per heavy atom. The molecule has 0 aliphatic carbocycles. The van der Waals surface area contributed by atoms with Crippen molar-refractivity contribution in [1.29, 1.82) is 0 Å². The monoisotopic (exact) mass is 425 g/mol. The first-order chi connectivity index (χ1) is 15.0. The number of nitrogens with zero attached hydrogens (tertiary/aromatic N) is 2. The Hall–Kier alpha value is -3.55. The van der Waals surface area contributed by atoms with Crippen LogP contribution in [-0.2, 0) is 6.54 Å². The molecule has 0 spiro atoms. The third-order valence-corrected chi connectivity index (χ3v) is 5.45. The number of halogens is 2. The summed E-state index contributed by atoms with van der Waals surface area (Å²) in [5.74, 6) is -1.65. The van der Waals surface area contributed by atoms with Gasteiger partial charge in [-0.1, -0.05) is 35.5 Å². The molecule has 2 amide bonds. The van der Waals surface area contributed by atoms with Crippen LogP contribution in [0.3, 0.4) is 0 Å². The number of carbonyl (C=O) groups is 2. The molecular formula is C23H21F2N3O3. The highest BCUT2D eigenvalue weighted by Gasteiger charge is 2.28. The zero-order chi connectivity index (χ0) is 21.8. The molecule has 1 aliphatic rings.